The van der Waals surface area contributed by atoms with Gasteiger partial charge in [-0.25, -0.2) is 0 Å². The van der Waals surface area contributed by atoms with E-state index in [1.54, 1.807) is 0 Å². The number of hydrogen-bond donors (Lipinski definition) is 1. The van der Waals surface area contributed by atoms with Gasteiger partial charge in [-0.15, -0.1) is 11.6 Å². The average molecular weight is 585 g/mol. The molecule has 0 amide bonds. The van der Waals surface area contributed by atoms with Crippen LogP contribution in [0.1, 0.15) is 233 Å². The van der Waals surface area contributed by atoms with Crippen LogP contribution in [-0.2, 0) is 0 Å². The van der Waals surface area contributed by atoms with Crippen LogP contribution in [0.4, 0.5) is 0 Å². The number of alkyl halides is 1. The third kappa shape index (κ3) is 27.1. The van der Waals surface area contributed by atoms with Crippen molar-refractivity contribution in [3.8, 4) is 0 Å². The lowest BCUT2D eigenvalue weighted by Gasteiger charge is -2.33. The molecule has 0 aromatic carbocycles. The normalized spacial score (nSPS) is 12.8. The van der Waals surface area contributed by atoms with Gasteiger partial charge in [0.1, 0.15) is 0 Å². The second-order valence-electron chi connectivity index (χ2n) is 13.4. The van der Waals surface area contributed by atoms with E-state index in [0.717, 1.165) is 25.7 Å². The van der Waals surface area contributed by atoms with Gasteiger partial charge in [0, 0.05) is 0 Å². The van der Waals surface area contributed by atoms with E-state index in [-0.39, 0.29) is 11.0 Å². The molecular weight excluding hydrogens is 508 g/mol. The Morgan fingerprint density at radius 3 is 0.875 bits per heavy atom. The maximum absolute atomic E-state index is 11.2. The van der Waals surface area contributed by atoms with Crippen molar-refractivity contribution in [2.24, 2.45) is 0 Å². The SMILES string of the molecule is CCCCCCCCCCCCC(O)C(Cl)(CCCCCCCCCCCC)CCCCCCCCCCCC. The highest BCUT2D eigenvalue weighted by atomic mass is 35.5. The summed E-state index contributed by atoms with van der Waals surface area (Å²) in [4.78, 5) is -0.389. The highest BCUT2D eigenvalue weighted by Crippen LogP contribution is 2.35. The Hall–Kier alpha value is 0.250. The summed E-state index contributed by atoms with van der Waals surface area (Å²) in [6.07, 6.45) is 43.2. The summed E-state index contributed by atoms with van der Waals surface area (Å²) in [6.45, 7) is 6.88. The summed E-state index contributed by atoms with van der Waals surface area (Å²) in [5, 5.41) is 11.2. The van der Waals surface area contributed by atoms with Gasteiger partial charge in [0.05, 0.1) is 11.0 Å². The van der Waals surface area contributed by atoms with Crippen molar-refractivity contribution in [1.82, 2.24) is 0 Å². The zero-order chi connectivity index (χ0) is 29.4. The van der Waals surface area contributed by atoms with Gasteiger partial charge in [0.25, 0.3) is 0 Å². The van der Waals surface area contributed by atoms with Gasteiger partial charge >= 0.3 is 0 Å². The van der Waals surface area contributed by atoms with Crippen LogP contribution in [-0.4, -0.2) is 16.1 Å². The largest absolute Gasteiger partial charge is 0.391 e. The average Bonchev–Trinajstić information content (AvgIpc) is 2.96. The fourth-order valence-corrected chi connectivity index (χ4v) is 6.73. The van der Waals surface area contributed by atoms with Crippen LogP contribution >= 0.6 is 11.6 Å². The van der Waals surface area contributed by atoms with E-state index in [0.29, 0.717) is 0 Å². The third-order valence-electron chi connectivity index (χ3n) is 9.32. The minimum atomic E-state index is -0.389. The molecule has 0 heterocycles. The van der Waals surface area contributed by atoms with Gasteiger partial charge in [0.15, 0.2) is 0 Å². The van der Waals surface area contributed by atoms with Crippen LogP contribution in [0.5, 0.6) is 0 Å². The maximum atomic E-state index is 11.2. The topological polar surface area (TPSA) is 20.2 Å². The Morgan fingerprint density at radius 1 is 0.375 bits per heavy atom. The summed E-state index contributed by atoms with van der Waals surface area (Å²) < 4.78 is 0. The molecule has 0 saturated carbocycles. The van der Waals surface area contributed by atoms with Crippen LogP contribution in [0.15, 0.2) is 0 Å². The van der Waals surface area contributed by atoms with Gasteiger partial charge in [-0.05, 0) is 19.3 Å². The predicted molar refractivity (Wildman–Crippen MR) is 184 cm³/mol. The summed E-state index contributed by atoms with van der Waals surface area (Å²) in [6, 6.07) is 0. The van der Waals surface area contributed by atoms with E-state index >= 15 is 0 Å². The smallest absolute Gasteiger partial charge is 0.0731 e. The van der Waals surface area contributed by atoms with E-state index in [1.807, 2.05) is 0 Å². The lowest BCUT2D eigenvalue weighted by Crippen LogP contribution is -2.37. The first-order valence-electron chi connectivity index (χ1n) is 19.0. The Labute approximate surface area is 259 Å². The number of unbranched alkanes of at least 4 members (excludes halogenated alkanes) is 27. The summed E-state index contributed by atoms with van der Waals surface area (Å²) >= 11 is 7.28. The molecule has 1 nitrogen and oxygen atoms in total. The van der Waals surface area contributed by atoms with Crippen molar-refractivity contribution in [2.45, 2.75) is 244 Å². The van der Waals surface area contributed by atoms with Crippen LogP contribution in [0.2, 0.25) is 0 Å². The highest BCUT2D eigenvalue weighted by molar-refractivity contribution is 6.24. The van der Waals surface area contributed by atoms with Crippen LogP contribution in [0.3, 0.4) is 0 Å². The predicted octanol–water partition coefficient (Wildman–Crippen LogP) is 14.3. The fourth-order valence-electron chi connectivity index (χ4n) is 6.35. The Morgan fingerprint density at radius 2 is 0.600 bits per heavy atom. The van der Waals surface area contributed by atoms with Crippen LogP contribution in [0, 0.1) is 0 Å². The molecule has 0 fully saturated rings. The summed E-state index contributed by atoms with van der Waals surface area (Å²) in [5.41, 5.74) is 0. The third-order valence-corrected chi connectivity index (χ3v) is 9.95. The van der Waals surface area contributed by atoms with E-state index < -0.39 is 0 Å². The minimum Gasteiger partial charge on any atom is -0.391 e. The molecule has 0 rings (SSSR count). The summed E-state index contributed by atoms with van der Waals surface area (Å²) in [5.74, 6) is 0. The van der Waals surface area contributed by atoms with Crippen molar-refractivity contribution in [3.63, 3.8) is 0 Å². The number of aliphatic hydroxyl groups excluding tert-OH is 1. The fraction of sp³-hybridized carbons (Fsp3) is 1.00. The molecule has 0 saturated heterocycles. The molecule has 0 aromatic heterocycles. The zero-order valence-corrected chi connectivity index (χ0v) is 29.0. The molecule has 1 atom stereocenters. The van der Waals surface area contributed by atoms with Gasteiger partial charge in [-0.3, -0.25) is 0 Å². The first-order valence-corrected chi connectivity index (χ1v) is 19.4. The Balaban J connectivity index is 4.23. The van der Waals surface area contributed by atoms with E-state index in [4.69, 9.17) is 11.6 Å². The molecule has 1 N–H and O–H groups in total. The first kappa shape index (κ1) is 40.2. The van der Waals surface area contributed by atoms with Crippen molar-refractivity contribution >= 4 is 11.6 Å². The van der Waals surface area contributed by atoms with Gasteiger partial charge < -0.3 is 5.11 Å². The molecular formula is C38H77ClO. The van der Waals surface area contributed by atoms with Crippen molar-refractivity contribution in [3.05, 3.63) is 0 Å². The number of aliphatic hydroxyl groups is 1. The molecule has 40 heavy (non-hydrogen) atoms. The first-order chi connectivity index (χ1) is 19.6. The molecule has 242 valence electrons. The standard InChI is InChI=1S/C38H77ClO/c1-4-7-10-13-16-19-22-25-28-31-34-37(40)38(39,35-32-29-26-23-20-17-14-11-8-5-2)36-33-30-27-24-21-18-15-12-9-6-3/h37,40H,4-36H2,1-3H3. The van der Waals surface area contributed by atoms with Gasteiger partial charge in [-0.1, -0.05) is 213 Å². The lowest BCUT2D eigenvalue weighted by molar-refractivity contribution is 0.0992. The molecule has 0 aliphatic heterocycles. The van der Waals surface area contributed by atoms with Gasteiger partial charge in [0.2, 0.25) is 0 Å². The van der Waals surface area contributed by atoms with E-state index in [1.165, 1.54) is 186 Å². The quantitative estimate of drug-likeness (QED) is 0.0588. The molecule has 0 spiro atoms. The van der Waals surface area contributed by atoms with E-state index in [9.17, 15) is 5.11 Å². The highest BCUT2D eigenvalue weighted by Gasteiger charge is 2.34. The molecule has 1 unspecified atom stereocenters. The van der Waals surface area contributed by atoms with E-state index in [2.05, 4.69) is 20.8 Å². The number of halogens is 1. The minimum absolute atomic E-state index is 0.333. The van der Waals surface area contributed by atoms with Crippen molar-refractivity contribution in [1.29, 1.82) is 0 Å². The molecule has 0 aromatic rings. The zero-order valence-electron chi connectivity index (χ0n) is 28.2. The monoisotopic (exact) mass is 585 g/mol. The Kier molecular flexibility index (Phi) is 32.4. The lowest BCUT2D eigenvalue weighted by atomic mass is 9.86. The molecule has 0 radical (unpaired) electrons. The van der Waals surface area contributed by atoms with Crippen LogP contribution in [0.25, 0.3) is 0 Å². The molecule has 0 aliphatic carbocycles. The molecule has 0 aliphatic rings. The van der Waals surface area contributed by atoms with Crippen molar-refractivity contribution < 1.29 is 5.11 Å². The Bertz CT molecular complexity index is 440. The molecule has 0 bridgehead atoms. The number of rotatable bonds is 34. The van der Waals surface area contributed by atoms with Gasteiger partial charge in [-0.2, -0.15) is 0 Å². The number of hydrogen-bond acceptors (Lipinski definition) is 1. The summed E-state index contributed by atoms with van der Waals surface area (Å²) in [7, 11) is 0. The second-order valence-corrected chi connectivity index (χ2v) is 14.1. The second kappa shape index (κ2) is 32.2. The molecule has 2 heteroatoms. The van der Waals surface area contributed by atoms with Crippen LogP contribution < -0.4 is 0 Å². The van der Waals surface area contributed by atoms with Crippen molar-refractivity contribution in [2.75, 3.05) is 0 Å². The maximum Gasteiger partial charge on any atom is 0.0731 e.